The van der Waals surface area contributed by atoms with Gasteiger partial charge < -0.3 is 21.1 Å². The summed E-state index contributed by atoms with van der Waals surface area (Å²) >= 11 is 0. The molecule has 6 heteroatoms. The van der Waals surface area contributed by atoms with Gasteiger partial charge >= 0.3 is 6.09 Å². The molecule has 0 atom stereocenters. The Hall–Kier alpha value is -2.24. The molecule has 0 aliphatic carbocycles. The highest BCUT2D eigenvalue weighted by atomic mass is 16.6. The van der Waals surface area contributed by atoms with Gasteiger partial charge in [-0.25, -0.2) is 4.79 Å². The van der Waals surface area contributed by atoms with Crippen molar-refractivity contribution in [2.45, 2.75) is 59.5 Å². The average Bonchev–Trinajstić information content (AvgIpc) is 2.53. The minimum absolute atomic E-state index is 0.396. The van der Waals surface area contributed by atoms with Gasteiger partial charge in [0, 0.05) is 18.8 Å². The monoisotopic (exact) mass is 348 g/mol. The van der Waals surface area contributed by atoms with Crippen molar-refractivity contribution in [1.82, 2.24) is 5.32 Å². The van der Waals surface area contributed by atoms with Crippen LogP contribution in [0.3, 0.4) is 0 Å². The van der Waals surface area contributed by atoms with E-state index in [4.69, 9.17) is 10.5 Å². The van der Waals surface area contributed by atoms with Crippen LogP contribution in [0.4, 0.5) is 10.5 Å². The first-order chi connectivity index (χ1) is 11.8. The molecule has 0 bridgehead atoms. The largest absolute Gasteiger partial charge is 0.444 e. The van der Waals surface area contributed by atoms with Gasteiger partial charge in [-0.05, 0) is 51.2 Å². The van der Waals surface area contributed by atoms with Crippen molar-refractivity contribution in [2.75, 3.05) is 18.4 Å². The zero-order chi connectivity index (χ0) is 18.9. The van der Waals surface area contributed by atoms with Crippen LogP contribution in [-0.2, 0) is 17.6 Å². The van der Waals surface area contributed by atoms with Crippen LogP contribution in [0.15, 0.2) is 23.2 Å². The minimum Gasteiger partial charge on any atom is -0.444 e. The Morgan fingerprint density at radius 3 is 2.32 bits per heavy atom. The lowest BCUT2D eigenvalue weighted by Gasteiger charge is -2.19. The lowest BCUT2D eigenvalue weighted by molar-refractivity contribution is 0.0527. The highest BCUT2D eigenvalue weighted by Crippen LogP contribution is 2.22. The van der Waals surface area contributed by atoms with Crippen molar-refractivity contribution >= 4 is 17.7 Å². The number of nitrogens with two attached hydrogens (primary N) is 1. The Bertz CT molecular complexity index is 569. The number of aryl methyl sites for hydroxylation is 2. The van der Waals surface area contributed by atoms with E-state index in [1.807, 2.05) is 20.8 Å². The molecule has 140 valence electrons. The topological polar surface area (TPSA) is 88.7 Å². The van der Waals surface area contributed by atoms with Crippen LogP contribution in [0.2, 0.25) is 0 Å². The van der Waals surface area contributed by atoms with Crippen LogP contribution in [0.1, 0.15) is 52.2 Å². The fourth-order valence-electron chi connectivity index (χ4n) is 2.35. The number of rotatable bonds is 7. The molecule has 0 spiro atoms. The number of carbonyl (C=O) groups excluding carboxylic acids is 1. The highest BCUT2D eigenvalue weighted by Gasteiger charge is 2.15. The predicted molar refractivity (Wildman–Crippen MR) is 104 cm³/mol. The normalized spacial score (nSPS) is 12.0. The molecule has 0 radical (unpaired) electrons. The molecule has 0 heterocycles. The number of hydrogen-bond donors (Lipinski definition) is 3. The molecule has 4 N–H and O–H groups in total. The molecular weight excluding hydrogens is 316 g/mol. The zero-order valence-electron chi connectivity index (χ0n) is 16.1. The third kappa shape index (κ3) is 7.92. The molecule has 0 aromatic heterocycles. The second-order valence-corrected chi connectivity index (χ2v) is 6.83. The number of ether oxygens (including phenoxy) is 1. The number of nitrogens with one attached hydrogen (secondary N) is 2. The quantitative estimate of drug-likeness (QED) is 0.400. The highest BCUT2D eigenvalue weighted by molar-refractivity contribution is 5.93. The van der Waals surface area contributed by atoms with E-state index in [2.05, 4.69) is 47.7 Å². The number of nitrogens with zero attached hydrogens (tertiary/aromatic N) is 1. The van der Waals surface area contributed by atoms with E-state index < -0.39 is 11.7 Å². The summed E-state index contributed by atoms with van der Waals surface area (Å²) in [7, 11) is 0. The van der Waals surface area contributed by atoms with E-state index in [-0.39, 0.29) is 0 Å². The molecule has 1 aromatic rings. The number of para-hydroxylation sites is 1. The SMILES string of the molecule is CCc1cccc(CC)c1NC(N)=NCCCNC(=O)OC(C)(C)C. The molecule has 1 amide bonds. The lowest BCUT2D eigenvalue weighted by atomic mass is 10.0. The molecule has 0 fully saturated rings. The lowest BCUT2D eigenvalue weighted by Crippen LogP contribution is -2.33. The van der Waals surface area contributed by atoms with Crippen molar-refractivity contribution in [2.24, 2.45) is 10.7 Å². The second-order valence-electron chi connectivity index (χ2n) is 6.83. The molecule has 25 heavy (non-hydrogen) atoms. The molecule has 0 aliphatic heterocycles. The number of carbonyl (C=O) groups is 1. The van der Waals surface area contributed by atoms with Crippen molar-refractivity contribution in [3.8, 4) is 0 Å². The molecule has 1 aromatic carbocycles. The van der Waals surface area contributed by atoms with Gasteiger partial charge in [0.1, 0.15) is 5.60 Å². The van der Waals surface area contributed by atoms with Gasteiger partial charge in [0.25, 0.3) is 0 Å². The first kappa shape index (κ1) is 20.8. The van der Waals surface area contributed by atoms with E-state index >= 15 is 0 Å². The summed E-state index contributed by atoms with van der Waals surface area (Å²) in [5, 5.41) is 5.93. The number of benzene rings is 1. The molecule has 0 unspecified atom stereocenters. The number of anilines is 1. The molecular formula is C19H32N4O2. The predicted octanol–water partition coefficient (Wildman–Crippen LogP) is 3.45. The Labute approximate surface area is 151 Å². The van der Waals surface area contributed by atoms with E-state index in [0.29, 0.717) is 25.5 Å². The van der Waals surface area contributed by atoms with Crippen LogP contribution in [0, 0.1) is 0 Å². The van der Waals surface area contributed by atoms with Crippen LogP contribution >= 0.6 is 0 Å². The summed E-state index contributed by atoms with van der Waals surface area (Å²) in [6.45, 7) is 10.8. The van der Waals surface area contributed by atoms with Crippen LogP contribution in [-0.4, -0.2) is 30.7 Å². The van der Waals surface area contributed by atoms with E-state index in [0.717, 1.165) is 18.5 Å². The Kier molecular flexibility index (Phi) is 8.25. The second kappa shape index (κ2) is 9.91. The molecule has 0 aliphatic rings. The Balaban J connectivity index is 2.46. The van der Waals surface area contributed by atoms with Gasteiger partial charge in [-0.1, -0.05) is 32.0 Å². The maximum atomic E-state index is 11.5. The third-order valence-electron chi connectivity index (χ3n) is 3.54. The van der Waals surface area contributed by atoms with Gasteiger partial charge in [-0.2, -0.15) is 0 Å². The van der Waals surface area contributed by atoms with Crippen LogP contribution < -0.4 is 16.4 Å². The summed E-state index contributed by atoms with van der Waals surface area (Å²) in [5.74, 6) is 0.396. The molecule has 0 saturated carbocycles. The van der Waals surface area contributed by atoms with Gasteiger partial charge in [0.2, 0.25) is 0 Å². The molecule has 1 rings (SSSR count). The average molecular weight is 348 g/mol. The van der Waals surface area contributed by atoms with Gasteiger partial charge in [0.05, 0.1) is 0 Å². The van der Waals surface area contributed by atoms with E-state index in [1.165, 1.54) is 11.1 Å². The maximum absolute atomic E-state index is 11.5. The van der Waals surface area contributed by atoms with Crippen molar-refractivity contribution < 1.29 is 9.53 Å². The summed E-state index contributed by atoms with van der Waals surface area (Å²) < 4.78 is 5.17. The fourth-order valence-corrected chi connectivity index (χ4v) is 2.35. The first-order valence-electron chi connectivity index (χ1n) is 8.91. The van der Waals surface area contributed by atoms with Crippen molar-refractivity contribution in [3.63, 3.8) is 0 Å². The molecule has 0 saturated heterocycles. The first-order valence-corrected chi connectivity index (χ1v) is 8.91. The third-order valence-corrected chi connectivity index (χ3v) is 3.54. The van der Waals surface area contributed by atoms with Gasteiger partial charge in [0.15, 0.2) is 5.96 Å². The Morgan fingerprint density at radius 2 is 1.80 bits per heavy atom. The Morgan fingerprint density at radius 1 is 1.20 bits per heavy atom. The standard InChI is InChI=1S/C19H32N4O2/c1-6-14-10-8-11-15(7-2)16(14)23-17(20)21-12-9-13-22-18(24)25-19(3,4)5/h8,10-11H,6-7,9,12-13H2,1-5H3,(H,22,24)(H3,20,21,23). The number of hydrogen-bond acceptors (Lipinski definition) is 3. The summed E-state index contributed by atoms with van der Waals surface area (Å²) in [6, 6.07) is 6.26. The van der Waals surface area contributed by atoms with Crippen molar-refractivity contribution in [1.29, 1.82) is 0 Å². The van der Waals surface area contributed by atoms with E-state index in [9.17, 15) is 4.79 Å². The number of amides is 1. The maximum Gasteiger partial charge on any atom is 0.407 e. The molecule has 6 nitrogen and oxygen atoms in total. The summed E-state index contributed by atoms with van der Waals surface area (Å²) in [5.41, 5.74) is 9.03. The van der Waals surface area contributed by atoms with E-state index in [1.54, 1.807) is 0 Å². The number of aliphatic imine (C=N–C) groups is 1. The zero-order valence-corrected chi connectivity index (χ0v) is 16.1. The fraction of sp³-hybridized carbons (Fsp3) is 0.579. The smallest absolute Gasteiger partial charge is 0.407 e. The summed E-state index contributed by atoms with van der Waals surface area (Å²) in [4.78, 5) is 15.9. The van der Waals surface area contributed by atoms with Crippen LogP contribution in [0.5, 0.6) is 0 Å². The number of alkyl carbamates (subject to hydrolysis) is 1. The summed E-state index contributed by atoms with van der Waals surface area (Å²) in [6.07, 6.45) is 2.15. The number of guanidine groups is 1. The van der Waals surface area contributed by atoms with Crippen molar-refractivity contribution in [3.05, 3.63) is 29.3 Å². The van der Waals surface area contributed by atoms with Gasteiger partial charge in [-0.15, -0.1) is 0 Å². The minimum atomic E-state index is -0.486. The van der Waals surface area contributed by atoms with Gasteiger partial charge in [-0.3, -0.25) is 4.99 Å². The van der Waals surface area contributed by atoms with Crippen LogP contribution in [0.25, 0.3) is 0 Å².